The zero-order valence-electron chi connectivity index (χ0n) is 16.8. The third kappa shape index (κ3) is 5.95. The first-order chi connectivity index (χ1) is 14.6. The largest absolute Gasteiger partial charge is 0.483 e. The van der Waals surface area contributed by atoms with Crippen LogP contribution in [0.25, 0.3) is 0 Å². The highest BCUT2D eigenvalue weighted by atomic mass is 35.5. The molecular formula is C22H24ClF2N3OS. The van der Waals surface area contributed by atoms with Crippen molar-refractivity contribution in [1.29, 1.82) is 0 Å². The van der Waals surface area contributed by atoms with E-state index in [0.29, 0.717) is 27.3 Å². The van der Waals surface area contributed by atoms with E-state index in [-0.39, 0.29) is 18.2 Å². The molecule has 8 heteroatoms. The number of nitrogens with zero attached hydrogens (tertiary/aromatic N) is 3. The summed E-state index contributed by atoms with van der Waals surface area (Å²) in [6, 6.07) is 10.9. The molecule has 0 spiro atoms. The molecule has 0 unspecified atom stereocenters. The maximum Gasteiger partial charge on any atom is 0.191 e. The molecule has 1 heterocycles. The molecule has 3 rings (SSSR count). The van der Waals surface area contributed by atoms with Crippen molar-refractivity contribution in [2.24, 2.45) is 0 Å². The van der Waals surface area contributed by atoms with E-state index < -0.39 is 5.82 Å². The van der Waals surface area contributed by atoms with Crippen LogP contribution in [-0.4, -0.2) is 14.8 Å². The van der Waals surface area contributed by atoms with Crippen molar-refractivity contribution in [2.45, 2.75) is 56.7 Å². The zero-order valence-corrected chi connectivity index (χ0v) is 18.4. The fourth-order valence-electron chi connectivity index (χ4n) is 2.96. The first kappa shape index (κ1) is 22.6. The van der Waals surface area contributed by atoms with E-state index in [0.717, 1.165) is 32.2 Å². The van der Waals surface area contributed by atoms with Crippen LogP contribution in [0.4, 0.5) is 8.78 Å². The summed E-state index contributed by atoms with van der Waals surface area (Å²) in [6.45, 7) is 2.98. The maximum absolute atomic E-state index is 14.1. The van der Waals surface area contributed by atoms with Gasteiger partial charge in [0, 0.05) is 22.9 Å². The summed E-state index contributed by atoms with van der Waals surface area (Å²) in [6.07, 6.45) is 4.34. The van der Waals surface area contributed by atoms with E-state index >= 15 is 0 Å². The van der Waals surface area contributed by atoms with Crippen LogP contribution in [0.15, 0.2) is 47.6 Å². The lowest BCUT2D eigenvalue weighted by molar-refractivity contribution is 0.273. The monoisotopic (exact) mass is 451 g/mol. The average Bonchev–Trinajstić information content (AvgIpc) is 3.12. The number of halogens is 3. The second kappa shape index (κ2) is 11.3. The van der Waals surface area contributed by atoms with E-state index in [2.05, 4.69) is 17.1 Å². The second-order valence-corrected chi connectivity index (χ2v) is 8.17. The van der Waals surface area contributed by atoms with Crippen LogP contribution in [0.1, 0.15) is 44.0 Å². The topological polar surface area (TPSA) is 39.9 Å². The summed E-state index contributed by atoms with van der Waals surface area (Å²) in [4.78, 5) is 0. The van der Waals surface area contributed by atoms with Crippen LogP contribution in [0.3, 0.4) is 0 Å². The average molecular weight is 452 g/mol. The number of rotatable bonds is 11. The molecule has 0 bridgehead atoms. The minimum absolute atomic E-state index is 0.0999. The molecule has 1 aromatic heterocycles. The molecule has 0 N–H and O–H groups in total. The molecule has 3 aromatic rings. The Morgan fingerprint density at radius 1 is 1.00 bits per heavy atom. The van der Waals surface area contributed by atoms with Crippen LogP contribution in [0, 0.1) is 11.6 Å². The Hall–Kier alpha value is -2.12. The van der Waals surface area contributed by atoms with Crippen molar-refractivity contribution in [3.8, 4) is 5.75 Å². The minimum atomic E-state index is -0.421. The number of para-hydroxylation sites is 1. The molecule has 30 heavy (non-hydrogen) atoms. The summed E-state index contributed by atoms with van der Waals surface area (Å²) >= 11 is 7.51. The van der Waals surface area contributed by atoms with Gasteiger partial charge in [-0.25, -0.2) is 8.78 Å². The van der Waals surface area contributed by atoms with Gasteiger partial charge < -0.3 is 9.30 Å². The van der Waals surface area contributed by atoms with Crippen LogP contribution >= 0.6 is 23.4 Å². The molecular weight excluding hydrogens is 428 g/mol. The zero-order chi connectivity index (χ0) is 21.3. The van der Waals surface area contributed by atoms with E-state index in [1.807, 2.05) is 4.57 Å². The number of ether oxygens (including phenoxy) is 1. The summed E-state index contributed by atoms with van der Waals surface area (Å²) in [5.74, 6) is 0.358. The second-order valence-electron chi connectivity index (χ2n) is 6.82. The predicted octanol–water partition coefficient (Wildman–Crippen LogP) is 6.66. The highest BCUT2D eigenvalue weighted by Gasteiger charge is 2.16. The van der Waals surface area contributed by atoms with E-state index in [4.69, 9.17) is 16.3 Å². The Labute approximate surface area is 184 Å². The Morgan fingerprint density at radius 2 is 1.80 bits per heavy atom. The number of hydrogen-bond donors (Lipinski definition) is 0. The van der Waals surface area contributed by atoms with Gasteiger partial charge in [-0.1, -0.05) is 67.7 Å². The summed E-state index contributed by atoms with van der Waals surface area (Å²) < 4.78 is 35.5. The predicted molar refractivity (Wildman–Crippen MR) is 116 cm³/mol. The SMILES string of the molecule is CCCCCCn1c(COc2ccccc2F)nnc1SCc1c(F)cccc1Cl. The smallest absolute Gasteiger partial charge is 0.191 e. The molecule has 0 saturated carbocycles. The minimum Gasteiger partial charge on any atom is -0.483 e. The number of unbranched alkanes of at least 4 members (excludes halogenated alkanes) is 3. The Balaban J connectivity index is 1.73. The third-order valence-electron chi connectivity index (χ3n) is 4.63. The number of benzene rings is 2. The maximum atomic E-state index is 14.1. The first-order valence-corrected chi connectivity index (χ1v) is 11.3. The Morgan fingerprint density at radius 3 is 2.57 bits per heavy atom. The van der Waals surface area contributed by atoms with Gasteiger partial charge in [0.1, 0.15) is 12.4 Å². The van der Waals surface area contributed by atoms with E-state index in [9.17, 15) is 8.78 Å². The van der Waals surface area contributed by atoms with Crippen LogP contribution in [-0.2, 0) is 18.9 Å². The van der Waals surface area contributed by atoms with Gasteiger partial charge in [-0.3, -0.25) is 0 Å². The highest BCUT2D eigenvalue weighted by Crippen LogP contribution is 2.28. The molecule has 0 aliphatic heterocycles. The molecule has 4 nitrogen and oxygen atoms in total. The molecule has 0 aliphatic rings. The highest BCUT2D eigenvalue weighted by molar-refractivity contribution is 7.98. The van der Waals surface area contributed by atoms with Crippen molar-refractivity contribution in [2.75, 3.05) is 0 Å². The van der Waals surface area contributed by atoms with Crippen molar-refractivity contribution in [3.05, 3.63) is 70.5 Å². The normalized spacial score (nSPS) is 11.1. The standard InChI is InChI=1S/C22H24ClF2N3OS/c1-2-3-4-7-13-28-21(14-29-20-12-6-5-10-19(20)25)26-27-22(28)30-15-16-17(23)9-8-11-18(16)24/h5-6,8-12H,2-4,7,13-15H2,1H3. The van der Waals surface area contributed by atoms with Gasteiger partial charge in [0.25, 0.3) is 0 Å². The van der Waals surface area contributed by atoms with Gasteiger partial charge in [0.15, 0.2) is 22.5 Å². The lowest BCUT2D eigenvalue weighted by atomic mass is 10.2. The van der Waals surface area contributed by atoms with Crippen molar-refractivity contribution in [1.82, 2.24) is 14.8 Å². The number of thioether (sulfide) groups is 1. The lowest BCUT2D eigenvalue weighted by Crippen LogP contribution is -2.09. The number of aromatic nitrogens is 3. The van der Waals surface area contributed by atoms with Crippen LogP contribution < -0.4 is 4.74 Å². The van der Waals surface area contributed by atoms with Gasteiger partial charge in [-0.2, -0.15) is 0 Å². The molecule has 0 aliphatic carbocycles. The van der Waals surface area contributed by atoms with E-state index in [1.54, 1.807) is 30.3 Å². The lowest BCUT2D eigenvalue weighted by Gasteiger charge is -2.12. The van der Waals surface area contributed by atoms with Crippen LogP contribution in [0.2, 0.25) is 5.02 Å². The third-order valence-corrected chi connectivity index (χ3v) is 5.98. The molecule has 160 valence electrons. The quantitative estimate of drug-likeness (QED) is 0.241. The van der Waals surface area contributed by atoms with Gasteiger partial charge >= 0.3 is 0 Å². The van der Waals surface area contributed by atoms with Gasteiger partial charge in [-0.05, 0) is 30.7 Å². The molecule has 0 amide bonds. The summed E-state index contributed by atoms with van der Waals surface area (Å²) in [7, 11) is 0. The summed E-state index contributed by atoms with van der Waals surface area (Å²) in [5.41, 5.74) is 0.439. The van der Waals surface area contributed by atoms with Gasteiger partial charge in [0.2, 0.25) is 0 Å². The number of hydrogen-bond acceptors (Lipinski definition) is 4. The molecule has 0 radical (unpaired) electrons. The Kier molecular flexibility index (Phi) is 8.51. The summed E-state index contributed by atoms with van der Waals surface area (Å²) in [5, 5.41) is 9.55. The van der Waals surface area contributed by atoms with Crippen molar-refractivity contribution < 1.29 is 13.5 Å². The van der Waals surface area contributed by atoms with Crippen molar-refractivity contribution >= 4 is 23.4 Å². The molecule has 0 saturated heterocycles. The fraction of sp³-hybridized carbons (Fsp3) is 0.364. The first-order valence-electron chi connectivity index (χ1n) is 9.95. The van der Waals surface area contributed by atoms with Gasteiger partial charge in [-0.15, -0.1) is 10.2 Å². The Bertz CT molecular complexity index is 947. The van der Waals surface area contributed by atoms with E-state index in [1.165, 1.54) is 23.9 Å². The molecule has 0 fully saturated rings. The molecule has 2 aromatic carbocycles. The van der Waals surface area contributed by atoms with Crippen LogP contribution in [0.5, 0.6) is 5.75 Å². The van der Waals surface area contributed by atoms with Gasteiger partial charge in [0.05, 0.1) is 0 Å². The fourth-order valence-corrected chi connectivity index (χ4v) is 4.29. The van der Waals surface area contributed by atoms with Crippen molar-refractivity contribution in [3.63, 3.8) is 0 Å². The molecule has 0 atom stereocenters.